The number of amides is 1. The van der Waals surface area contributed by atoms with Crippen molar-refractivity contribution in [2.45, 2.75) is 19.4 Å². The first kappa shape index (κ1) is 14.8. The number of likely N-dealkylation sites (N-methyl/N-ethyl adjacent to an activating group) is 1. The molecule has 4 N–H and O–H groups in total. The van der Waals surface area contributed by atoms with Crippen LogP contribution in [0.5, 0.6) is 0 Å². The Balaban J connectivity index is 3.14. The van der Waals surface area contributed by atoms with Crippen molar-refractivity contribution in [3.8, 4) is 0 Å². The second kappa shape index (κ2) is 5.56. The zero-order valence-electron chi connectivity index (χ0n) is 10.7. The lowest BCUT2D eigenvalue weighted by molar-refractivity contribution is 0.0474. The van der Waals surface area contributed by atoms with Crippen molar-refractivity contribution in [1.29, 1.82) is 0 Å². The van der Waals surface area contributed by atoms with Crippen molar-refractivity contribution in [3.05, 3.63) is 28.8 Å². The molecule has 1 amide bonds. The van der Waals surface area contributed by atoms with Crippen LogP contribution in [0.1, 0.15) is 24.2 Å². The molecule has 0 aliphatic carbocycles. The zero-order valence-corrected chi connectivity index (χ0v) is 11.5. The third-order valence-electron chi connectivity index (χ3n) is 2.97. The number of carbonyl (C=O) groups excluding carboxylic acids is 1. The van der Waals surface area contributed by atoms with E-state index in [1.165, 1.54) is 4.90 Å². The van der Waals surface area contributed by atoms with Crippen LogP contribution in [0.2, 0.25) is 5.02 Å². The Morgan fingerprint density at radius 3 is 2.67 bits per heavy atom. The van der Waals surface area contributed by atoms with Gasteiger partial charge in [-0.05, 0) is 32.0 Å². The molecule has 0 saturated heterocycles. The van der Waals surface area contributed by atoms with E-state index in [9.17, 15) is 9.90 Å². The van der Waals surface area contributed by atoms with Crippen LogP contribution in [0.25, 0.3) is 0 Å². The molecule has 0 atom stereocenters. The monoisotopic (exact) mass is 271 g/mol. The lowest BCUT2D eigenvalue weighted by Crippen LogP contribution is -2.47. The predicted molar refractivity (Wildman–Crippen MR) is 72.5 cm³/mol. The third kappa shape index (κ3) is 2.93. The number of halogens is 1. The van der Waals surface area contributed by atoms with Crippen LogP contribution in [-0.2, 0) is 0 Å². The summed E-state index contributed by atoms with van der Waals surface area (Å²) in [4.78, 5) is 13.8. The predicted octanol–water partition coefficient (Wildman–Crippen LogP) is 1.47. The lowest BCUT2D eigenvalue weighted by atomic mass is 10.0. The number of carbonyl (C=O) groups is 1. The molecule has 5 nitrogen and oxygen atoms in total. The normalized spacial score (nSPS) is 11.2. The average Bonchev–Trinajstić information content (AvgIpc) is 2.36. The van der Waals surface area contributed by atoms with Gasteiger partial charge in [0.05, 0.1) is 23.4 Å². The molecule has 0 radical (unpaired) electrons. The Hall–Kier alpha value is -1.30. The fraction of sp³-hybridized carbons (Fsp3) is 0.417. The quantitative estimate of drug-likeness (QED) is 0.572. The molecule has 0 fully saturated rings. The third-order valence-corrected chi connectivity index (χ3v) is 3.20. The van der Waals surface area contributed by atoms with Crippen LogP contribution in [0.3, 0.4) is 0 Å². The Kier molecular flexibility index (Phi) is 4.56. The van der Waals surface area contributed by atoms with Crippen LogP contribution < -0.4 is 11.3 Å². The average molecular weight is 272 g/mol. The standard InChI is InChI=1S/C12H18ClN3O2/c1-12(2,7-17)16(3)11(18)9-6-8(13)4-5-10(9)15-14/h4-6,15,17H,7,14H2,1-3H3. The number of hydrogen-bond acceptors (Lipinski definition) is 4. The minimum Gasteiger partial charge on any atom is -0.394 e. The highest BCUT2D eigenvalue weighted by atomic mass is 35.5. The molecule has 0 aliphatic rings. The first-order valence-corrected chi connectivity index (χ1v) is 5.86. The van der Waals surface area contributed by atoms with E-state index in [1.54, 1.807) is 39.1 Å². The van der Waals surface area contributed by atoms with Crippen LogP contribution in [0, 0.1) is 0 Å². The number of nitrogens with two attached hydrogens (primary N) is 1. The number of anilines is 1. The van der Waals surface area contributed by atoms with Gasteiger partial charge in [0.1, 0.15) is 0 Å². The molecule has 18 heavy (non-hydrogen) atoms. The van der Waals surface area contributed by atoms with Gasteiger partial charge in [0.25, 0.3) is 5.91 Å². The van der Waals surface area contributed by atoms with Gasteiger partial charge >= 0.3 is 0 Å². The van der Waals surface area contributed by atoms with Crippen molar-refractivity contribution in [2.24, 2.45) is 5.84 Å². The number of nitrogen functional groups attached to an aromatic ring is 1. The number of nitrogens with zero attached hydrogens (tertiary/aromatic N) is 1. The molecule has 0 aromatic heterocycles. The van der Waals surface area contributed by atoms with Crippen LogP contribution >= 0.6 is 11.6 Å². The number of hydrazine groups is 1. The van der Waals surface area contributed by atoms with Crippen molar-refractivity contribution >= 4 is 23.2 Å². The summed E-state index contributed by atoms with van der Waals surface area (Å²) in [6.07, 6.45) is 0. The van der Waals surface area contributed by atoms with Crippen molar-refractivity contribution in [3.63, 3.8) is 0 Å². The topological polar surface area (TPSA) is 78.6 Å². The molecule has 100 valence electrons. The molecular formula is C12H18ClN3O2. The summed E-state index contributed by atoms with van der Waals surface area (Å²) < 4.78 is 0. The highest BCUT2D eigenvalue weighted by Crippen LogP contribution is 2.23. The lowest BCUT2D eigenvalue weighted by Gasteiger charge is -2.34. The van der Waals surface area contributed by atoms with E-state index >= 15 is 0 Å². The molecule has 1 aromatic rings. The summed E-state index contributed by atoms with van der Waals surface area (Å²) in [7, 11) is 1.62. The van der Waals surface area contributed by atoms with Gasteiger partial charge in [-0.2, -0.15) is 0 Å². The van der Waals surface area contributed by atoms with Gasteiger partial charge in [-0.25, -0.2) is 0 Å². The Labute approximate surface area is 111 Å². The van der Waals surface area contributed by atoms with Gasteiger partial charge in [-0.1, -0.05) is 11.6 Å². The fourth-order valence-corrected chi connectivity index (χ4v) is 1.55. The molecule has 0 bridgehead atoms. The SMILES string of the molecule is CN(C(=O)c1cc(Cl)ccc1NN)C(C)(C)CO. The van der Waals surface area contributed by atoms with E-state index in [-0.39, 0.29) is 12.5 Å². The largest absolute Gasteiger partial charge is 0.394 e. The van der Waals surface area contributed by atoms with Crippen LogP contribution in [0.4, 0.5) is 5.69 Å². The molecule has 0 heterocycles. The van der Waals surface area contributed by atoms with E-state index in [2.05, 4.69) is 5.43 Å². The summed E-state index contributed by atoms with van der Waals surface area (Å²) in [6.45, 7) is 3.40. The molecule has 1 rings (SSSR count). The first-order valence-electron chi connectivity index (χ1n) is 5.48. The van der Waals surface area contributed by atoms with Gasteiger partial charge < -0.3 is 15.4 Å². The van der Waals surface area contributed by atoms with Gasteiger partial charge in [0, 0.05) is 12.1 Å². The number of aliphatic hydroxyl groups excluding tert-OH is 1. The zero-order chi connectivity index (χ0) is 13.9. The van der Waals surface area contributed by atoms with Gasteiger partial charge in [0.15, 0.2) is 0 Å². The van der Waals surface area contributed by atoms with Gasteiger partial charge in [-0.15, -0.1) is 0 Å². The molecule has 0 aliphatic heterocycles. The first-order chi connectivity index (χ1) is 8.33. The Morgan fingerprint density at radius 1 is 1.56 bits per heavy atom. The number of rotatable bonds is 4. The summed E-state index contributed by atoms with van der Waals surface area (Å²) >= 11 is 5.88. The molecule has 0 spiro atoms. The molecule has 6 heteroatoms. The van der Waals surface area contributed by atoms with Gasteiger partial charge in [0.2, 0.25) is 0 Å². The summed E-state index contributed by atoms with van der Waals surface area (Å²) in [5.74, 6) is 5.11. The van der Waals surface area contributed by atoms with E-state index < -0.39 is 5.54 Å². The maximum atomic E-state index is 12.3. The summed E-state index contributed by atoms with van der Waals surface area (Å²) in [5.41, 5.74) is 2.66. The fourth-order valence-electron chi connectivity index (χ4n) is 1.38. The minimum absolute atomic E-state index is 0.138. The Bertz CT molecular complexity index is 449. The molecular weight excluding hydrogens is 254 g/mol. The van der Waals surface area contributed by atoms with Crippen molar-refractivity contribution in [2.75, 3.05) is 19.1 Å². The highest BCUT2D eigenvalue weighted by molar-refractivity contribution is 6.31. The van der Waals surface area contributed by atoms with E-state index in [0.29, 0.717) is 16.3 Å². The number of nitrogens with one attached hydrogen (secondary N) is 1. The summed E-state index contributed by atoms with van der Waals surface area (Å²) in [6, 6.07) is 4.82. The maximum Gasteiger partial charge on any atom is 0.256 e. The minimum atomic E-state index is -0.661. The number of aliphatic hydroxyl groups is 1. The summed E-state index contributed by atoms with van der Waals surface area (Å²) in [5, 5.41) is 9.73. The highest BCUT2D eigenvalue weighted by Gasteiger charge is 2.28. The van der Waals surface area contributed by atoms with E-state index in [1.807, 2.05) is 0 Å². The van der Waals surface area contributed by atoms with E-state index in [4.69, 9.17) is 17.4 Å². The maximum absolute atomic E-state index is 12.3. The number of benzene rings is 1. The molecule has 1 aromatic carbocycles. The smallest absolute Gasteiger partial charge is 0.256 e. The molecule has 0 unspecified atom stereocenters. The second-order valence-electron chi connectivity index (χ2n) is 4.67. The Morgan fingerprint density at radius 2 is 2.17 bits per heavy atom. The van der Waals surface area contributed by atoms with Crippen molar-refractivity contribution < 1.29 is 9.90 Å². The second-order valence-corrected chi connectivity index (χ2v) is 5.11. The van der Waals surface area contributed by atoms with Crippen molar-refractivity contribution in [1.82, 2.24) is 4.90 Å². The van der Waals surface area contributed by atoms with E-state index in [0.717, 1.165) is 0 Å². The van der Waals surface area contributed by atoms with Crippen LogP contribution in [-0.4, -0.2) is 35.1 Å². The number of hydrogen-bond donors (Lipinski definition) is 3. The van der Waals surface area contributed by atoms with Crippen LogP contribution in [0.15, 0.2) is 18.2 Å². The van der Waals surface area contributed by atoms with Gasteiger partial charge in [-0.3, -0.25) is 10.6 Å². The molecule has 0 saturated carbocycles.